The molecule has 1 aromatic heterocycles. The van der Waals surface area contributed by atoms with E-state index in [9.17, 15) is 0 Å². The minimum atomic E-state index is 0.469. The third-order valence-corrected chi connectivity index (χ3v) is 4.59. The lowest BCUT2D eigenvalue weighted by atomic mass is 10.2. The van der Waals surface area contributed by atoms with Crippen LogP contribution >= 0.6 is 11.8 Å². The number of nitrogens with two attached hydrogens (primary N) is 1. The summed E-state index contributed by atoms with van der Waals surface area (Å²) in [6.07, 6.45) is 3.75. The van der Waals surface area contributed by atoms with E-state index in [0.29, 0.717) is 22.9 Å². The molecule has 0 aliphatic heterocycles. The Hall–Kier alpha value is -1.10. The van der Waals surface area contributed by atoms with Crippen molar-refractivity contribution >= 4 is 23.3 Å². The number of thioether (sulfide) groups is 1. The zero-order chi connectivity index (χ0) is 13.0. The molecule has 3 N–H and O–H groups in total. The van der Waals surface area contributed by atoms with Gasteiger partial charge in [-0.05, 0) is 24.7 Å². The molecule has 100 valence electrons. The lowest BCUT2D eigenvalue weighted by Crippen LogP contribution is -2.27. The van der Waals surface area contributed by atoms with Crippen LogP contribution in [0.1, 0.15) is 26.2 Å². The Labute approximate surface area is 113 Å². The average Bonchev–Trinajstić information content (AvgIpc) is 2.80. The molecule has 0 aromatic carbocycles. The highest BCUT2D eigenvalue weighted by Crippen LogP contribution is 2.33. The maximum absolute atomic E-state index is 5.95. The maximum atomic E-state index is 5.95. The number of nitrogen functional groups attached to an aromatic ring is 1. The summed E-state index contributed by atoms with van der Waals surface area (Å²) in [6, 6.07) is 4.09. The van der Waals surface area contributed by atoms with Crippen molar-refractivity contribution in [1.29, 1.82) is 0 Å². The van der Waals surface area contributed by atoms with Crippen molar-refractivity contribution in [3.8, 4) is 5.88 Å². The summed E-state index contributed by atoms with van der Waals surface area (Å²) < 4.78 is 5.14. The number of pyridine rings is 1. The number of nitrogens with zero attached hydrogens (tertiary/aromatic N) is 1. The fourth-order valence-corrected chi connectivity index (χ4v) is 3.56. The van der Waals surface area contributed by atoms with E-state index < -0.39 is 0 Å². The topological polar surface area (TPSA) is 60.2 Å². The normalized spacial score (nSPS) is 23.0. The molecule has 2 unspecified atom stereocenters. The van der Waals surface area contributed by atoms with Crippen molar-refractivity contribution in [2.45, 2.75) is 37.5 Å². The van der Waals surface area contributed by atoms with E-state index in [-0.39, 0.29) is 0 Å². The first-order chi connectivity index (χ1) is 8.74. The minimum absolute atomic E-state index is 0.469. The van der Waals surface area contributed by atoms with Crippen LogP contribution < -0.4 is 15.8 Å². The molecule has 18 heavy (non-hydrogen) atoms. The highest BCUT2D eigenvalue weighted by Gasteiger charge is 2.27. The third kappa shape index (κ3) is 3.02. The number of aromatic nitrogens is 1. The molecule has 0 saturated heterocycles. The van der Waals surface area contributed by atoms with Crippen LogP contribution in [0.5, 0.6) is 5.88 Å². The number of nitrogens with one attached hydrogen (secondary N) is 1. The lowest BCUT2D eigenvalue weighted by molar-refractivity contribution is 0.398. The van der Waals surface area contributed by atoms with E-state index in [4.69, 9.17) is 10.5 Å². The van der Waals surface area contributed by atoms with E-state index in [1.54, 1.807) is 13.2 Å². The molecule has 4 nitrogen and oxygen atoms in total. The predicted octanol–water partition coefficient (Wildman–Crippen LogP) is 2.76. The van der Waals surface area contributed by atoms with Gasteiger partial charge in [0.25, 0.3) is 0 Å². The van der Waals surface area contributed by atoms with Gasteiger partial charge in [0, 0.05) is 17.4 Å². The van der Waals surface area contributed by atoms with E-state index >= 15 is 0 Å². The van der Waals surface area contributed by atoms with Gasteiger partial charge < -0.3 is 15.8 Å². The smallest absolute Gasteiger partial charge is 0.215 e. The Morgan fingerprint density at radius 1 is 1.50 bits per heavy atom. The first-order valence-electron chi connectivity index (χ1n) is 6.43. The van der Waals surface area contributed by atoms with Crippen molar-refractivity contribution in [1.82, 2.24) is 4.98 Å². The molecule has 0 spiro atoms. The first kappa shape index (κ1) is 13.3. The Balaban J connectivity index is 2.08. The highest BCUT2D eigenvalue weighted by atomic mass is 32.2. The van der Waals surface area contributed by atoms with Gasteiger partial charge in [-0.15, -0.1) is 0 Å². The van der Waals surface area contributed by atoms with Crippen molar-refractivity contribution in [2.75, 3.05) is 23.9 Å². The largest absolute Gasteiger partial charge is 0.481 e. The number of ether oxygens (including phenoxy) is 1. The zero-order valence-corrected chi connectivity index (χ0v) is 11.8. The summed E-state index contributed by atoms with van der Waals surface area (Å²) >= 11 is 2.02. The van der Waals surface area contributed by atoms with Crippen molar-refractivity contribution < 1.29 is 4.74 Å². The molecule has 1 saturated carbocycles. The molecule has 0 radical (unpaired) electrons. The van der Waals surface area contributed by atoms with Crippen LogP contribution in [-0.4, -0.2) is 29.1 Å². The fourth-order valence-electron chi connectivity index (χ4n) is 2.36. The second-order valence-corrected chi connectivity index (χ2v) is 5.98. The molecule has 1 aromatic rings. The summed E-state index contributed by atoms with van der Waals surface area (Å²) in [7, 11) is 1.62. The Morgan fingerprint density at radius 2 is 2.33 bits per heavy atom. The molecule has 0 bridgehead atoms. The van der Waals surface area contributed by atoms with Gasteiger partial charge in [0.1, 0.15) is 0 Å². The molecule has 2 rings (SSSR count). The number of rotatable bonds is 5. The molecule has 1 aliphatic rings. The van der Waals surface area contributed by atoms with Gasteiger partial charge in [-0.1, -0.05) is 13.3 Å². The first-order valence-corrected chi connectivity index (χ1v) is 7.48. The average molecular weight is 267 g/mol. The van der Waals surface area contributed by atoms with Gasteiger partial charge in [0.15, 0.2) is 5.82 Å². The molecule has 1 aliphatic carbocycles. The van der Waals surface area contributed by atoms with Crippen LogP contribution in [0.25, 0.3) is 0 Å². The molecular formula is C13H21N3OS. The predicted molar refractivity (Wildman–Crippen MR) is 78.4 cm³/mol. The van der Waals surface area contributed by atoms with E-state index in [0.717, 1.165) is 11.6 Å². The van der Waals surface area contributed by atoms with Crippen molar-refractivity contribution in [3.05, 3.63) is 12.1 Å². The number of methoxy groups -OCH3 is 1. The van der Waals surface area contributed by atoms with E-state index in [1.807, 2.05) is 17.8 Å². The van der Waals surface area contributed by atoms with Gasteiger partial charge in [-0.3, -0.25) is 0 Å². The van der Waals surface area contributed by atoms with Crippen molar-refractivity contribution in [3.63, 3.8) is 0 Å². The number of hydrogen-bond donors (Lipinski definition) is 2. The molecule has 1 fully saturated rings. The van der Waals surface area contributed by atoms with Crippen LogP contribution in [0.15, 0.2) is 12.1 Å². The summed E-state index contributed by atoms with van der Waals surface area (Å²) in [5.74, 6) is 2.51. The Kier molecular flexibility index (Phi) is 4.58. The molecular weight excluding hydrogens is 246 g/mol. The van der Waals surface area contributed by atoms with Gasteiger partial charge in [0.2, 0.25) is 5.88 Å². The van der Waals surface area contributed by atoms with Crippen LogP contribution in [0.2, 0.25) is 0 Å². The molecule has 2 atom stereocenters. The van der Waals surface area contributed by atoms with Crippen LogP contribution in [-0.2, 0) is 0 Å². The minimum Gasteiger partial charge on any atom is -0.481 e. The van der Waals surface area contributed by atoms with E-state index in [2.05, 4.69) is 17.2 Å². The fraction of sp³-hybridized carbons (Fsp3) is 0.615. The SMILES string of the molecule is CCSC1CCCC1Nc1nc(OC)ccc1N. The second kappa shape index (κ2) is 6.18. The summed E-state index contributed by atoms with van der Waals surface area (Å²) in [6.45, 7) is 2.21. The molecule has 5 heteroatoms. The van der Waals surface area contributed by atoms with Crippen LogP contribution in [0.4, 0.5) is 11.5 Å². The second-order valence-electron chi connectivity index (χ2n) is 4.47. The zero-order valence-electron chi connectivity index (χ0n) is 11.0. The summed E-state index contributed by atoms with van der Waals surface area (Å²) in [5, 5.41) is 4.15. The lowest BCUT2D eigenvalue weighted by Gasteiger charge is -2.21. The van der Waals surface area contributed by atoms with Gasteiger partial charge >= 0.3 is 0 Å². The van der Waals surface area contributed by atoms with Gasteiger partial charge in [-0.2, -0.15) is 16.7 Å². The van der Waals surface area contributed by atoms with Crippen LogP contribution in [0.3, 0.4) is 0 Å². The highest BCUT2D eigenvalue weighted by molar-refractivity contribution is 7.99. The quantitative estimate of drug-likeness (QED) is 0.859. The summed E-state index contributed by atoms with van der Waals surface area (Å²) in [5.41, 5.74) is 6.64. The Bertz CT molecular complexity index is 400. The van der Waals surface area contributed by atoms with Crippen LogP contribution in [0, 0.1) is 0 Å². The Morgan fingerprint density at radius 3 is 3.06 bits per heavy atom. The standard InChI is InChI=1S/C13H21N3OS/c1-3-18-11-6-4-5-10(11)15-13-9(14)7-8-12(16-13)17-2/h7-8,10-11H,3-6,14H2,1-2H3,(H,15,16). The number of anilines is 2. The number of hydrogen-bond acceptors (Lipinski definition) is 5. The van der Waals surface area contributed by atoms with E-state index in [1.165, 1.54) is 19.3 Å². The van der Waals surface area contributed by atoms with Gasteiger partial charge in [0.05, 0.1) is 12.8 Å². The third-order valence-electron chi connectivity index (χ3n) is 3.27. The summed E-state index contributed by atoms with van der Waals surface area (Å²) in [4.78, 5) is 4.38. The van der Waals surface area contributed by atoms with Crippen molar-refractivity contribution in [2.24, 2.45) is 0 Å². The monoisotopic (exact) mass is 267 g/mol. The molecule has 1 heterocycles. The maximum Gasteiger partial charge on any atom is 0.215 e. The van der Waals surface area contributed by atoms with Gasteiger partial charge in [-0.25, -0.2) is 0 Å². The molecule has 0 amide bonds.